The van der Waals surface area contributed by atoms with Crippen molar-refractivity contribution in [2.75, 3.05) is 40.5 Å². The number of carbonyl (C=O) groups excluding carboxylic acids is 1. The van der Waals surface area contributed by atoms with Gasteiger partial charge in [-0.3, -0.25) is 4.79 Å². The molecule has 0 bridgehead atoms. The Morgan fingerprint density at radius 2 is 2.08 bits per heavy atom. The smallest absolute Gasteiger partial charge is 0.278 e. The van der Waals surface area contributed by atoms with E-state index in [9.17, 15) is 13.2 Å². The highest BCUT2D eigenvalue weighted by Gasteiger charge is 2.25. The van der Waals surface area contributed by atoms with Crippen LogP contribution in [-0.2, 0) is 21.4 Å². The van der Waals surface area contributed by atoms with Crippen LogP contribution in [0.5, 0.6) is 11.5 Å². The molecule has 26 heavy (non-hydrogen) atoms. The molecule has 0 unspecified atom stereocenters. The summed E-state index contributed by atoms with van der Waals surface area (Å²) in [6, 6.07) is 5.53. The summed E-state index contributed by atoms with van der Waals surface area (Å²) in [6.07, 6.45) is 2.08. The van der Waals surface area contributed by atoms with Crippen LogP contribution in [0, 0.1) is 5.92 Å². The molecule has 0 aromatic heterocycles. The van der Waals surface area contributed by atoms with Crippen molar-refractivity contribution in [3.05, 3.63) is 23.8 Å². The zero-order valence-corrected chi connectivity index (χ0v) is 15.9. The predicted octanol–water partition coefficient (Wildman–Crippen LogP) is 0.592. The molecule has 0 aliphatic carbocycles. The minimum Gasteiger partial charge on any atom is -0.454 e. The van der Waals surface area contributed by atoms with E-state index < -0.39 is 10.2 Å². The normalized spacial score (nSPS) is 19.8. The van der Waals surface area contributed by atoms with E-state index in [2.05, 4.69) is 4.72 Å². The molecule has 1 atom stereocenters. The summed E-state index contributed by atoms with van der Waals surface area (Å²) in [4.78, 5) is 14.5. The average Bonchev–Trinajstić information content (AvgIpc) is 3.08. The number of benzene rings is 1. The number of likely N-dealkylation sites (tertiary alicyclic amines) is 1. The summed E-state index contributed by atoms with van der Waals surface area (Å²) in [5, 5.41) is 0. The van der Waals surface area contributed by atoms with Gasteiger partial charge in [-0.2, -0.15) is 12.7 Å². The van der Waals surface area contributed by atoms with Crippen molar-refractivity contribution in [2.45, 2.75) is 19.3 Å². The van der Waals surface area contributed by atoms with Crippen molar-refractivity contribution in [1.82, 2.24) is 13.9 Å². The lowest BCUT2D eigenvalue weighted by Gasteiger charge is -2.33. The van der Waals surface area contributed by atoms with Crippen molar-refractivity contribution < 1.29 is 22.7 Å². The SMILES string of the molecule is CN(C)S(=O)(=O)NC[C@@H]1CCCN(C(=O)Cc2ccc3c(c2)OCO3)C1. The highest BCUT2D eigenvalue weighted by atomic mass is 32.2. The Kier molecular flexibility index (Phi) is 5.69. The quantitative estimate of drug-likeness (QED) is 0.777. The molecule has 1 fully saturated rings. The van der Waals surface area contributed by atoms with E-state index in [4.69, 9.17) is 9.47 Å². The second kappa shape index (κ2) is 7.81. The number of nitrogens with one attached hydrogen (secondary N) is 1. The summed E-state index contributed by atoms with van der Waals surface area (Å²) in [6.45, 7) is 1.83. The zero-order chi connectivity index (χ0) is 18.7. The van der Waals surface area contributed by atoms with Gasteiger partial charge in [0.05, 0.1) is 6.42 Å². The number of ether oxygens (including phenoxy) is 2. The van der Waals surface area contributed by atoms with Gasteiger partial charge in [0.25, 0.3) is 10.2 Å². The Hall–Kier alpha value is -1.84. The molecule has 1 N–H and O–H groups in total. The van der Waals surface area contributed by atoms with Crippen LogP contribution in [0.3, 0.4) is 0 Å². The van der Waals surface area contributed by atoms with E-state index in [0.717, 1.165) is 22.7 Å². The van der Waals surface area contributed by atoms with Gasteiger partial charge in [-0.25, -0.2) is 4.72 Å². The van der Waals surface area contributed by atoms with E-state index in [1.165, 1.54) is 14.1 Å². The van der Waals surface area contributed by atoms with E-state index in [-0.39, 0.29) is 18.6 Å². The minimum atomic E-state index is -3.44. The van der Waals surface area contributed by atoms with Crippen LogP contribution >= 0.6 is 0 Å². The average molecular weight is 383 g/mol. The third-order valence-corrected chi connectivity index (χ3v) is 6.19. The number of rotatable bonds is 6. The summed E-state index contributed by atoms with van der Waals surface area (Å²) in [5.74, 6) is 1.54. The number of fused-ring (bicyclic) bond motifs is 1. The summed E-state index contributed by atoms with van der Waals surface area (Å²) >= 11 is 0. The van der Waals surface area contributed by atoms with Crippen LogP contribution in [0.2, 0.25) is 0 Å². The standard InChI is InChI=1S/C17H25N3O5S/c1-19(2)26(22,23)18-10-14-4-3-7-20(11-14)17(21)9-13-5-6-15-16(8-13)25-12-24-15/h5-6,8,14,18H,3-4,7,9-12H2,1-2H3/t14-/m0/s1. The molecule has 2 aliphatic heterocycles. The molecule has 1 saturated heterocycles. The Morgan fingerprint density at radius 3 is 2.85 bits per heavy atom. The maximum absolute atomic E-state index is 12.6. The fourth-order valence-corrected chi connectivity index (χ4v) is 3.85. The Labute approximate surface area is 154 Å². The molecule has 1 aromatic carbocycles. The molecular formula is C17H25N3O5S. The molecule has 144 valence electrons. The minimum absolute atomic E-state index is 0.0454. The Morgan fingerprint density at radius 1 is 1.31 bits per heavy atom. The number of hydrogen-bond acceptors (Lipinski definition) is 5. The van der Waals surface area contributed by atoms with Crippen molar-refractivity contribution in [3.63, 3.8) is 0 Å². The monoisotopic (exact) mass is 383 g/mol. The van der Waals surface area contributed by atoms with Gasteiger partial charge in [-0.1, -0.05) is 6.07 Å². The number of piperidine rings is 1. The Balaban J connectivity index is 1.54. The van der Waals surface area contributed by atoms with Gasteiger partial charge in [0, 0.05) is 33.7 Å². The summed E-state index contributed by atoms with van der Waals surface area (Å²) < 4.78 is 38.0. The first kappa shape index (κ1) is 18.9. The molecule has 9 heteroatoms. The number of amides is 1. The molecule has 1 amide bonds. The molecule has 2 aliphatic rings. The van der Waals surface area contributed by atoms with Gasteiger partial charge >= 0.3 is 0 Å². The number of nitrogens with zero attached hydrogens (tertiary/aromatic N) is 2. The van der Waals surface area contributed by atoms with Gasteiger partial charge in [0.2, 0.25) is 12.7 Å². The lowest BCUT2D eigenvalue weighted by atomic mass is 9.97. The van der Waals surface area contributed by atoms with Crippen molar-refractivity contribution in [3.8, 4) is 11.5 Å². The third kappa shape index (κ3) is 4.46. The van der Waals surface area contributed by atoms with Crippen LogP contribution in [-0.4, -0.2) is 64.1 Å². The van der Waals surface area contributed by atoms with E-state index in [0.29, 0.717) is 37.6 Å². The topological polar surface area (TPSA) is 88.2 Å². The molecular weight excluding hydrogens is 358 g/mol. The molecule has 0 spiro atoms. The lowest BCUT2D eigenvalue weighted by Crippen LogP contribution is -2.45. The maximum atomic E-state index is 12.6. The number of carbonyl (C=O) groups is 1. The fourth-order valence-electron chi connectivity index (χ4n) is 3.15. The van der Waals surface area contributed by atoms with Gasteiger partial charge in [0.15, 0.2) is 11.5 Å². The first-order chi connectivity index (χ1) is 12.3. The molecule has 3 rings (SSSR count). The first-order valence-corrected chi connectivity index (χ1v) is 10.1. The van der Waals surface area contributed by atoms with Crippen LogP contribution in [0.25, 0.3) is 0 Å². The first-order valence-electron chi connectivity index (χ1n) is 8.68. The largest absolute Gasteiger partial charge is 0.454 e. The second-order valence-corrected chi connectivity index (χ2v) is 8.82. The van der Waals surface area contributed by atoms with Crippen molar-refractivity contribution in [2.24, 2.45) is 5.92 Å². The predicted molar refractivity (Wildman–Crippen MR) is 96.2 cm³/mol. The van der Waals surface area contributed by atoms with Crippen LogP contribution in [0.4, 0.5) is 0 Å². The van der Waals surface area contributed by atoms with E-state index in [1.54, 1.807) is 0 Å². The van der Waals surface area contributed by atoms with Gasteiger partial charge in [-0.05, 0) is 36.5 Å². The van der Waals surface area contributed by atoms with Gasteiger partial charge < -0.3 is 14.4 Å². The maximum Gasteiger partial charge on any atom is 0.278 e. The van der Waals surface area contributed by atoms with Crippen LogP contribution < -0.4 is 14.2 Å². The summed E-state index contributed by atoms with van der Waals surface area (Å²) in [5.41, 5.74) is 0.884. The molecule has 8 nitrogen and oxygen atoms in total. The summed E-state index contributed by atoms with van der Waals surface area (Å²) in [7, 11) is -0.455. The number of hydrogen-bond donors (Lipinski definition) is 1. The second-order valence-electron chi connectivity index (χ2n) is 6.85. The van der Waals surface area contributed by atoms with Crippen LogP contribution in [0.15, 0.2) is 18.2 Å². The van der Waals surface area contributed by atoms with E-state index in [1.807, 2.05) is 23.1 Å². The molecule has 2 heterocycles. The molecule has 0 saturated carbocycles. The zero-order valence-electron chi connectivity index (χ0n) is 15.1. The van der Waals surface area contributed by atoms with Gasteiger partial charge in [0.1, 0.15) is 0 Å². The van der Waals surface area contributed by atoms with Crippen molar-refractivity contribution in [1.29, 1.82) is 0 Å². The molecule has 1 aromatic rings. The van der Waals surface area contributed by atoms with E-state index >= 15 is 0 Å². The highest BCUT2D eigenvalue weighted by Crippen LogP contribution is 2.32. The van der Waals surface area contributed by atoms with Crippen LogP contribution in [0.1, 0.15) is 18.4 Å². The lowest BCUT2D eigenvalue weighted by molar-refractivity contribution is -0.132. The highest BCUT2D eigenvalue weighted by molar-refractivity contribution is 7.87. The molecule has 0 radical (unpaired) electrons. The van der Waals surface area contributed by atoms with Gasteiger partial charge in [-0.15, -0.1) is 0 Å². The van der Waals surface area contributed by atoms with Crippen molar-refractivity contribution >= 4 is 16.1 Å². The Bertz CT molecular complexity index is 766. The fraction of sp³-hybridized carbons (Fsp3) is 0.588. The third-order valence-electron chi connectivity index (χ3n) is 4.70.